The quantitative estimate of drug-likeness (QED) is 0.902. The molecule has 6 heteroatoms. The monoisotopic (exact) mass is 277 g/mol. The van der Waals surface area contributed by atoms with Crippen molar-refractivity contribution in [1.82, 2.24) is 9.97 Å². The van der Waals surface area contributed by atoms with Gasteiger partial charge < -0.3 is 15.5 Å². The van der Waals surface area contributed by atoms with E-state index in [9.17, 15) is 0 Å². The van der Waals surface area contributed by atoms with Gasteiger partial charge in [0.25, 0.3) is 0 Å². The third-order valence-electron chi connectivity index (χ3n) is 2.36. The highest BCUT2D eigenvalue weighted by Gasteiger charge is 2.03. The largest absolute Gasteiger partial charge is 0.497 e. The summed E-state index contributed by atoms with van der Waals surface area (Å²) in [7, 11) is 1.66. The lowest BCUT2D eigenvalue weighted by atomic mass is 10.3. The van der Waals surface area contributed by atoms with Crippen molar-refractivity contribution in [1.29, 1.82) is 0 Å². The average molecular weight is 278 g/mol. The number of nitrogens with two attached hydrogens (primary N) is 1. The maximum absolute atomic E-state index is 5.45. The molecule has 0 spiro atoms. The first-order chi connectivity index (χ1) is 7.33. The Morgan fingerprint density at radius 2 is 2.12 bits per heavy atom. The van der Waals surface area contributed by atoms with Crippen LogP contribution in [0.4, 0.5) is 0 Å². The van der Waals surface area contributed by atoms with Crippen LogP contribution in [0.1, 0.15) is 12.2 Å². The molecule has 2 rings (SSSR count). The van der Waals surface area contributed by atoms with Gasteiger partial charge in [0.15, 0.2) is 0 Å². The number of ether oxygens (including phenoxy) is 1. The van der Waals surface area contributed by atoms with E-state index in [0.717, 1.165) is 35.4 Å². The predicted molar refractivity (Wildman–Crippen MR) is 74.5 cm³/mol. The third-order valence-corrected chi connectivity index (χ3v) is 2.36. The van der Waals surface area contributed by atoms with Gasteiger partial charge in [-0.2, -0.15) is 0 Å². The van der Waals surface area contributed by atoms with Crippen LogP contribution in [-0.4, -0.2) is 23.6 Å². The van der Waals surface area contributed by atoms with Crippen LogP contribution in [0.5, 0.6) is 5.75 Å². The maximum Gasteiger partial charge on any atom is 0.121 e. The Kier molecular flexibility index (Phi) is 6.95. The summed E-state index contributed by atoms with van der Waals surface area (Å²) in [5.74, 6) is 1.83. The molecule has 2 aromatic rings. The first kappa shape index (κ1) is 16.0. The molecular weight excluding hydrogens is 261 g/mol. The minimum atomic E-state index is 0. The van der Waals surface area contributed by atoms with Crippen LogP contribution in [0.3, 0.4) is 0 Å². The highest BCUT2D eigenvalue weighted by atomic mass is 35.5. The topological polar surface area (TPSA) is 63.9 Å². The fourth-order valence-corrected chi connectivity index (χ4v) is 1.56. The molecule has 0 aliphatic heterocycles. The number of halogens is 2. The van der Waals surface area contributed by atoms with E-state index in [1.807, 2.05) is 18.2 Å². The number of nitrogens with zero attached hydrogens (tertiary/aromatic N) is 1. The summed E-state index contributed by atoms with van der Waals surface area (Å²) in [6.07, 6.45) is 1.85. The fraction of sp³-hybridized carbons (Fsp3) is 0.364. The van der Waals surface area contributed by atoms with Gasteiger partial charge in [-0.3, -0.25) is 0 Å². The van der Waals surface area contributed by atoms with Crippen LogP contribution >= 0.6 is 24.8 Å². The van der Waals surface area contributed by atoms with E-state index in [1.165, 1.54) is 0 Å². The normalized spacial score (nSPS) is 9.53. The molecule has 1 aromatic heterocycles. The number of imidazole rings is 1. The number of aryl methyl sites for hydroxylation is 1. The fourth-order valence-electron chi connectivity index (χ4n) is 1.56. The number of H-pyrrole nitrogens is 1. The summed E-state index contributed by atoms with van der Waals surface area (Å²) in [5, 5.41) is 0. The Hall–Kier alpha value is -0.970. The van der Waals surface area contributed by atoms with E-state index < -0.39 is 0 Å². The number of fused-ring (bicyclic) bond motifs is 1. The number of aromatic amines is 1. The van der Waals surface area contributed by atoms with Crippen molar-refractivity contribution in [3.05, 3.63) is 24.0 Å². The molecule has 0 unspecified atom stereocenters. The van der Waals surface area contributed by atoms with Gasteiger partial charge in [0, 0.05) is 12.5 Å². The van der Waals surface area contributed by atoms with Gasteiger partial charge in [-0.05, 0) is 25.1 Å². The van der Waals surface area contributed by atoms with E-state index >= 15 is 0 Å². The Morgan fingerprint density at radius 3 is 2.76 bits per heavy atom. The van der Waals surface area contributed by atoms with Crippen LogP contribution in [0.15, 0.2) is 18.2 Å². The van der Waals surface area contributed by atoms with Crippen molar-refractivity contribution in [2.24, 2.45) is 5.73 Å². The SMILES string of the molecule is COc1ccc2nc(CCCN)[nH]c2c1.Cl.Cl. The number of rotatable bonds is 4. The number of hydrogen-bond donors (Lipinski definition) is 2. The molecule has 3 N–H and O–H groups in total. The minimum Gasteiger partial charge on any atom is -0.497 e. The zero-order valence-electron chi connectivity index (χ0n) is 9.60. The molecule has 0 aliphatic carbocycles. The highest BCUT2D eigenvalue weighted by Crippen LogP contribution is 2.18. The van der Waals surface area contributed by atoms with Crippen molar-refractivity contribution in [3.63, 3.8) is 0 Å². The lowest BCUT2D eigenvalue weighted by Crippen LogP contribution is -2.01. The number of methoxy groups -OCH3 is 1. The van der Waals surface area contributed by atoms with Crippen molar-refractivity contribution < 1.29 is 4.74 Å². The van der Waals surface area contributed by atoms with E-state index in [-0.39, 0.29) is 24.8 Å². The first-order valence-corrected chi connectivity index (χ1v) is 5.06. The molecule has 4 nitrogen and oxygen atoms in total. The molecule has 0 atom stereocenters. The molecule has 0 bridgehead atoms. The second kappa shape index (κ2) is 7.37. The summed E-state index contributed by atoms with van der Waals surface area (Å²) in [4.78, 5) is 7.72. The molecule has 0 aliphatic rings. The van der Waals surface area contributed by atoms with Crippen LogP contribution < -0.4 is 10.5 Å². The zero-order valence-corrected chi connectivity index (χ0v) is 11.2. The van der Waals surface area contributed by atoms with Crippen LogP contribution in [0.25, 0.3) is 11.0 Å². The Morgan fingerprint density at radius 1 is 1.35 bits per heavy atom. The number of nitrogens with one attached hydrogen (secondary N) is 1. The second-order valence-electron chi connectivity index (χ2n) is 3.46. The van der Waals surface area contributed by atoms with Crippen LogP contribution in [0.2, 0.25) is 0 Å². The third kappa shape index (κ3) is 3.77. The number of hydrogen-bond acceptors (Lipinski definition) is 3. The lowest BCUT2D eigenvalue weighted by molar-refractivity contribution is 0.415. The Bertz CT molecular complexity index is 459. The predicted octanol–water partition coefficient (Wildman–Crippen LogP) is 2.31. The van der Waals surface area contributed by atoms with Gasteiger partial charge in [0.1, 0.15) is 11.6 Å². The zero-order chi connectivity index (χ0) is 10.7. The highest BCUT2D eigenvalue weighted by molar-refractivity contribution is 5.85. The van der Waals surface area contributed by atoms with E-state index in [4.69, 9.17) is 10.5 Å². The van der Waals surface area contributed by atoms with Crippen molar-refractivity contribution >= 4 is 35.8 Å². The summed E-state index contributed by atoms with van der Waals surface area (Å²) in [6.45, 7) is 0.695. The molecule has 0 saturated heterocycles. The molecular formula is C11H17Cl2N3O. The smallest absolute Gasteiger partial charge is 0.121 e. The van der Waals surface area contributed by atoms with Gasteiger partial charge in [0.2, 0.25) is 0 Å². The van der Waals surface area contributed by atoms with E-state index in [2.05, 4.69) is 9.97 Å². The minimum absolute atomic E-state index is 0. The summed E-state index contributed by atoms with van der Waals surface area (Å²) in [6, 6.07) is 5.82. The van der Waals surface area contributed by atoms with Crippen LogP contribution in [0, 0.1) is 0 Å². The molecule has 0 saturated carbocycles. The van der Waals surface area contributed by atoms with Crippen LogP contribution in [-0.2, 0) is 6.42 Å². The van der Waals surface area contributed by atoms with Gasteiger partial charge in [-0.1, -0.05) is 0 Å². The summed E-state index contributed by atoms with van der Waals surface area (Å²) in [5.41, 5.74) is 7.44. The lowest BCUT2D eigenvalue weighted by Gasteiger charge is -1.96. The Labute approximate surface area is 113 Å². The molecule has 1 heterocycles. The van der Waals surface area contributed by atoms with Gasteiger partial charge in [-0.25, -0.2) is 4.98 Å². The van der Waals surface area contributed by atoms with Crippen molar-refractivity contribution in [3.8, 4) is 5.75 Å². The summed E-state index contributed by atoms with van der Waals surface area (Å²) < 4.78 is 5.14. The summed E-state index contributed by atoms with van der Waals surface area (Å²) >= 11 is 0. The van der Waals surface area contributed by atoms with Gasteiger partial charge >= 0.3 is 0 Å². The van der Waals surface area contributed by atoms with Crippen molar-refractivity contribution in [2.75, 3.05) is 13.7 Å². The Balaban J connectivity index is 0.00000128. The van der Waals surface area contributed by atoms with E-state index in [0.29, 0.717) is 6.54 Å². The average Bonchev–Trinajstić information content (AvgIpc) is 2.67. The molecule has 17 heavy (non-hydrogen) atoms. The standard InChI is InChI=1S/C11H15N3O.2ClH/c1-15-8-4-5-9-10(7-8)14-11(13-9)3-2-6-12;;/h4-5,7H,2-3,6,12H2,1H3,(H,13,14);2*1H. The van der Waals surface area contributed by atoms with Crippen molar-refractivity contribution in [2.45, 2.75) is 12.8 Å². The second-order valence-corrected chi connectivity index (χ2v) is 3.46. The molecule has 1 aromatic carbocycles. The maximum atomic E-state index is 5.45. The van der Waals surface area contributed by atoms with Gasteiger partial charge in [0.05, 0.1) is 18.1 Å². The van der Waals surface area contributed by atoms with Gasteiger partial charge in [-0.15, -0.1) is 24.8 Å². The number of benzene rings is 1. The van der Waals surface area contributed by atoms with E-state index in [1.54, 1.807) is 7.11 Å². The first-order valence-electron chi connectivity index (χ1n) is 5.06. The number of aromatic nitrogens is 2. The molecule has 0 radical (unpaired) electrons. The molecule has 0 amide bonds. The molecule has 96 valence electrons. The molecule has 0 fully saturated rings.